The van der Waals surface area contributed by atoms with Crippen LogP contribution in [0.15, 0.2) is 0 Å². The SMILES string of the molecule is CNC1CCc2c(sc(C(=O)O)c2F)C1. The Morgan fingerprint density at radius 3 is 3.00 bits per heavy atom. The van der Waals surface area contributed by atoms with Crippen molar-refractivity contribution < 1.29 is 14.3 Å². The van der Waals surface area contributed by atoms with Gasteiger partial charge in [-0.2, -0.15) is 0 Å². The highest BCUT2D eigenvalue weighted by Gasteiger charge is 2.27. The molecule has 3 nitrogen and oxygen atoms in total. The van der Waals surface area contributed by atoms with Crippen molar-refractivity contribution in [1.82, 2.24) is 5.32 Å². The zero-order valence-corrected chi connectivity index (χ0v) is 9.16. The number of likely N-dealkylation sites (N-methyl/N-ethyl adjacent to an activating group) is 1. The van der Waals surface area contributed by atoms with E-state index >= 15 is 0 Å². The number of fused-ring (bicyclic) bond motifs is 1. The second-order valence-electron chi connectivity index (χ2n) is 3.68. The number of carboxylic acids is 1. The van der Waals surface area contributed by atoms with E-state index in [2.05, 4.69) is 5.32 Å². The first-order valence-electron chi connectivity index (χ1n) is 4.84. The standard InChI is InChI=1S/C10H12FNO2S/c1-12-5-2-3-6-7(4-5)15-9(8(6)11)10(13)14/h5,12H,2-4H2,1H3,(H,13,14). The van der Waals surface area contributed by atoms with Crippen molar-refractivity contribution in [3.8, 4) is 0 Å². The first-order valence-corrected chi connectivity index (χ1v) is 5.65. The van der Waals surface area contributed by atoms with Crippen LogP contribution in [0.25, 0.3) is 0 Å². The predicted molar refractivity (Wildman–Crippen MR) is 56.1 cm³/mol. The minimum Gasteiger partial charge on any atom is -0.477 e. The summed E-state index contributed by atoms with van der Waals surface area (Å²) in [5, 5.41) is 11.9. The molecule has 2 rings (SSSR count). The van der Waals surface area contributed by atoms with Crippen LogP contribution in [0.1, 0.15) is 26.5 Å². The van der Waals surface area contributed by atoms with Crippen LogP contribution in [-0.4, -0.2) is 24.2 Å². The third-order valence-corrected chi connectivity index (χ3v) is 4.02. The maximum atomic E-state index is 13.6. The van der Waals surface area contributed by atoms with Crippen molar-refractivity contribution >= 4 is 17.3 Å². The number of aromatic carboxylic acids is 1. The molecular weight excluding hydrogens is 217 g/mol. The molecule has 1 heterocycles. The number of hydrogen-bond donors (Lipinski definition) is 2. The molecule has 0 aromatic carbocycles. The number of thiophene rings is 1. The van der Waals surface area contributed by atoms with Crippen LogP contribution in [0.3, 0.4) is 0 Å². The molecule has 1 aromatic heterocycles. The molecule has 0 amide bonds. The number of carboxylic acid groups (broad SMARTS) is 1. The highest BCUT2D eigenvalue weighted by Crippen LogP contribution is 2.33. The molecule has 0 radical (unpaired) electrons. The van der Waals surface area contributed by atoms with Crippen molar-refractivity contribution in [1.29, 1.82) is 0 Å². The summed E-state index contributed by atoms with van der Waals surface area (Å²) in [7, 11) is 1.87. The quantitative estimate of drug-likeness (QED) is 0.811. The van der Waals surface area contributed by atoms with Crippen molar-refractivity contribution in [2.75, 3.05) is 7.05 Å². The summed E-state index contributed by atoms with van der Waals surface area (Å²) in [6.07, 6.45) is 2.24. The normalized spacial score (nSPS) is 20.0. The van der Waals surface area contributed by atoms with Gasteiger partial charge < -0.3 is 10.4 Å². The zero-order valence-electron chi connectivity index (χ0n) is 8.34. The highest BCUT2D eigenvalue weighted by atomic mass is 32.1. The van der Waals surface area contributed by atoms with Crippen molar-refractivity contribution in [2.24, 2.45) is 0 Å². The van der Waals surface area contributed by atoms with Crippen molar-refractivity contribution in [3.05, 3.63) is 21.1 Å². The van der Waals surface area contributed by atoms with E-state index in [1.807, 2.05) is 7.05 Å². The van der Waals surface area contributed by atoms with Crippen molar-refractivity contribution in [2.45, 2.75) is 25.3 Å². The number of nitrogens with one attached hydrogen (secondary N) is 1. The second kappa shape index (κ2) is 3.90. The molecule has 0 saturated heterocycles. The van der Waals surface area contributed by atoms with Crippen LogP contribution in [-0.2, 0) is 12.8 Å². The van der Waals surface area contributed by atoms with E-state index in [-0.39, 0.29) is 4.88 Å². The molecule has 1 aromatic rings. The summed E-state index contributed by atoms with van der Waals surface area (Å²) >= 11 is 1.07. The fourth-order valence-electron chi connectivity index (χ4n) is 1.93. The fraction of sp³-hybridized carbons (Fsp3) is 0.500. The monoisotopic (exact) mass is 229 g/mol. The first-order chi connectivity index (χ1) is 7.13. The molecular formula is C10H12FNO2S. The number of carbonyl (C=O) groups is 1. The van der Waals surface area contributed by atoms with Gasteiger partial charge in [0.2, 0.25) is 0 Å². The molecule has 15 heavy (non-hydrogen) atoms. The molecule has 0 saturated carbocycles. The average molecular weight is 229 g/mol. The summed E-state index contributed by atoms with van der Waals surface area (Å²) in [5.74, 6) is -1.68. The molecule has 1 atom stereocenters. The largest absolute Gasteiger partial charge is 0.477 e. The summed E-state index contributed by atoms with van der Waals surface area (Å²) in [6, 6.07) is 0.345. The van der Waals surface area contributed by atoms with Gasteiger partial charge in [0.05, 0.1) is 0 Å². The van der Waals surface area contributed by atoms with Gasteiger partial charge >= 0.3 is 5.97 Å². The molecule has 1 unspecified atom stereocenters. The van der Waals surface area contributed by atoms with Crippen LogP contribution in [0.5, 0.6) is 0 Å². The van der Waals surface area contributed by atoms with Crippen molar-refractivity contribution in [3.63, 3.8) is 0 Å². The van der Waals surface area contributed by atoms with Gasteiger partial charge in [-0.15, -0.1) is 11.3 Å². The van der Waals surface area contributed by atoms with Crippen LogP contribution >= 0.6 is 11.3 Å². The molecule has 0 aliphatic heterocycles. The van der Waals surface area contributed by atoms with E-state index in [1.54, 1.807) is 0 Å². The van der Waals surface area contributed by atoms with Gasteiger partial charge in [0.15, 0.2) is 5.82 Å². The van der Waals surface area contributed by atoms with Gasteiger partial charge in [0, 0.05) is 16.5 Å². The van der Waals surface area contributed by atoms with E-state index in [1.165, 1.54) is 0 Å². The van der Waals surface area contributed by atoms with Gasteiger partial charge in [0.25, 0.3) is 0 Å². The van der Waals surface area contributed by atoms with E-state index in [0.29, 0.717) is 18.0 Å². The summed E-state index contributed by atoms with van der Waals surface area (Å²) in [5.41, 5.74) is 0.615. The Labute approximate surface area is 90.9 Å². The van der Waals surface area contributed by atoms with Crippen LogP contribution in [0, 0.1) is 5.82 Å². The third kappa shape index (κ3) is 1.77. The lowest BCUT2D eigenvalue weighted by Gasteiger charge is -2.20. The maximum absolute atomic E-state index is 13.6. The fourth-order valence-corrected chi connectivity index (χ4v) is 3.08. The molecule has 0 fully saturated rings. The molecule has 1 aliphatic carbocycles. The number of rotatable bonds is 2. The predicted octanol–water partition coefficient (Wildman–Crippen LogP) is 1.66. The van der Waals surface area contributed by atoms with Crippen LogP contribution in [0.4, 0.5) is 4.39 Å². The minimum absolute atomic E-state index is 0.142. The summed E-state index contributed by atoms with van der Waals surface area (Å²) < 4.78 is 13.6. The minimum atomic E-state index is -1.16. The average Bonchev–Trinajstić information content (AvgIpc) is 2.55. The molecule has 1 aliphatic rings. The summed E-state index contributed by atoms with van der Waals surface area (Å²) in [4.78, 5) is 11.5. The van der Waals surface area contributed by atoms with Crippen LogP contribution < -0.4 is 5.32 Å². The Morgan fingerprint density at radius 2 is 2.40 bits per heavy atom. The molecule has 0 spiro atoms. The number of halogens is 1. The van der Waals surface area contributed by atoms with E-state index in [0.717, 1.165) is 29.1 Å². The first kappa shape index (κ1) is 10.6. The van der Waals surface area contributed by atoms with Crippen LogP contribution in [0.2, 0.25) is 0 Å². The molecule has 0 bridgehead atoms. The smallest absolute Gasteiger partial charge is 0.348 e. The Kier molecular flexibility index (Phi) is 2.75. The van der Waals surface area contributed by atoms with Gasteiger partial charge in [-0.1, -0.05) is 0 Å². The number of hydrogen-bond acceptors (Lipinski definition) is 3. The lowest BCUT2D eigenvalue weighted by molar-refractivity contribution is 0.0697. The van der Waals surface area contributed by atoms with E-state index in [4.69, 9.17) is 5.11 Å². The van der Waals surface area contributed by atoms with E-state index in [9.17, 15) is 9.18 Å². The summed E-state index contributed by atoms with van der Waals surface area (Å²) in [6.45, 7) is 0. The molecule has 2 N–H and O–H groups in total. The molecule has 5 heteroatoms. The van der Waals surface area contributed by atoms with Gasteiger partial charge in [-0.25, -0.2) is 9.18 Å². The van der Waals surface area contributed by atoms with Gasteiger partial charge in [-0.3, -0.25) is 0 Å². The van der Waals surface area contributed by atoms with E-state index < -0.39 is 11.8 Å². The third-order valence-electron chi connectivity index (χ3n) is 2.80. The Hall–Kier alpha value is -0.940. The maximum Gasteiger partial charge on any atom is 0.348 e. The zero-order chi connectivity index (χ0) is 11.0. The molecule has 82 valence electrons. The topological polar surface area (TPSA) is 49.3 Å². The highest BCUT2D eigenvalue weighted by molar-refractivity contribution is 7.14. The Balaban J connectivity index is 2.37. The Bertz CT molecular complexity index is 402. The van der Waals surface area contributed by atoms with Gasteiger partial charge in [0.1, 0.15) is 4.88 Å². The lowest BCUT2D eigenvalue weighted by Crippen LogP contribution is -2.30. The lowest BCUT2D eigenvalue weighted by atomic mass is 9.94. The van der Waals surface area contributed by atoms with Gasteiger partial charge in [-0.05, 0) is 26.3 Å². The Morgan fingerprint density at radius 1 is 1.67 bits per heavy atom. The second-order valence-corrected chi connectivity index (χ2v) is 4.79.